The first-order valence-electron chi connectivity index (χ1n) is 11.9. The molecule has 7 nitrogen and oxygen atoms in total. The van der Waals surface area contributed by atoms with Crippen molar-refractivity contribution in [1.29, 1.82) is 0 Å². The lowest BCUT2D eigenvalue weighted by Crippen LogP contribution is -2.47. The first-order chi connectivity index (χ1) is 17.7. The SMILES string of the molecule is CC1COCC(=O)N1Cc1cc(=O)c(OCCCCCSc2ccnc3cc(C(F)(F)F)ccc23)co1. The maximum atomic E-state index is 12.9. The van der Waals surface area contributed by atoms with E-state index in [2.05, 4.69) is 4.98 Å². The molecule has 4 rings (SSSR count). The highest BCUT2D eigenvalue weighted by Gasteiger charge is 2.30. The third-order valence-electron chi connectivity index (χ3n) is 5.95. The Morgan fingerprint density at radius 3 is 2.76 bits per heavy atom. The minimum atomic E-state index is -4.40. The van der Waals surface area contributed by atoms with Gasteiger partial charge in [-0.3, -0.25) is 14.6 Å². The van der Waals surface area contributed by atoms with E-state index in [0.29, 0.717) is 29.9 Å². The fourth-order valence-corrected chi connectivity index (χ4v) is 5.00. The van der Waals surface area contributed by atoms with Crippen LogP contribution >= 0.6 is 11.8 Å². The van der Waals surface area contributed by atoms with Crippen LogP contribution in [0.1, 0.15) is 37.5 Å². The Bertz CT molecular complexity index is 1300. The predicted octanol–water partition coefficient (Wildman–Crippen LogP) is 5.30. The second kappa shape index (κ2) is 12.0. The van der Waals surface area contributed by atoms with Crippen molar-refractivity contribution in [3.63, 3.8) is 0 Å². The number of pyridine rings is 1. The van der Waals surface area contributed by atoms with Gasteiger partial charge in [0, 0.05) is 22.5 Å². The van der Waals surface area contributed by atoms with Crippen LogP contribution in [-0.4, -0.2) is 47.4 Å². The molecule has 1 aromatic carbocycles. The van der Waals surface area contributed by atoms with E-state index in [4.69, 9.17) is 13.9 Å². The number of hydrogen-bond acceptors (Lipinski definition) is 7. The Morgan fingerprint density at radius 1 is 1.16 bits per heavy atom. The average Bonchev–Trinajstić information content (AvgIpc) is 2.86. The summed E-state index contributed by atoms with van der Waals surface area (Å²) in [5.74, 6) is 1.15. The van der Waals surface area contributed by atoms with Gasteiger partial charge in [-0.15, -0.1) is 11.8 Å². The number of fused-ring (bicyclic) bond motifs is 1. The topological polar surface area (TPSA) is 81.9 Å². The minimum Gasteiger partial charge on any atom is -0.487 e. The largest absolute Gasteiger partial charge is 0.487 e. The van der Waals surface area contributed by atoms with Crippen LogP contribution in [0.4, 0.5) is 13.2 Å². The van der Waals surface area contributed by atoms with Gasteiger partial charge in [-0.05, 0) is 50.1 Å². The molecule has 1 saturated heterocycles. The first kappa shape index (κ1) is 27.0. The highest BCUT2D eigenvalue weighted by atomic mass is 32.2. The zero-order valence-corrected chi connectivity index (χ0v) is 21.1. The van der Waals surface area contributed by atoms with Crippen LogP contribution in [0.15, 0.2) is 56.9 Å². The second-order valence-electron chi connectivity index (χ2n) is 8.76. The number of alkyl halides is 3. The molecule has 3 heterocycles. The van der Waals surface area contributed by atoms with Crippen molar-refractivity contribution in [2.24, 2.45) is 0 Å². The number of halogens is 3. The molecular weight excluding hydrogens is 509 g/mol. The van der Waals surface area contributed by atoms with Crippen molar-refractivity contribution < 1.29 is 31.9 Å². The highest BCUT2D eigenvalue weighted by molar-refractivity contribution is 7.99. The van der Waals surface area contributed by atoms with Gasteiger partial charge in [-0.25, -0.2) is 0 Å². The predicted molar refractivity (Wildman–Crippen MR) is 133 cm³/mol. The molecule has 37 heavy (non-hydrogen) atoms. The standard InChI is InChI=1S/C26H27F3N2O5S/c1-17-14-34-16-25(33)31(17)13-19-12-22(32)23(15-36-19)35-9-3-2-4-10-37-24-7-8-30-21-11-18(26(27,28)29)5-6-20(21)24/h5-8,11-12,15,17H,2-4,9-10,13-14,16H2,1H3. The molecule has 0 saturated carbocycles. The molecule has 1 fully saturated rings. The molecule has 198 valence electrons. The zero-order chi connectivity index (χ0) is 26.4. The van der Waals surface area contributed by atoms with Crippen LogP contribution in [0.2, 0.25) is 0 Å². The third-order valence-corrected chi connectivity index (χ3v) is 7.11. The molecule has 3 aromatic rings. The van der Waals surface area contributed by atoms with Crippen LogP contribution in [-0.2, 0) is 22.3 Å². The summed E-state index contributed by atoms with van der Waals surface area (Å²) in [5, 5.41) is 0.700. The average molecular weight is 537 g/mol. The summed E-state index contributed by atoms with van der Waals surface area (Å²) in [4.78, 5) is 31.0. The monoisotopic (exact) mass is 536 g/mol. The molecule has 11 heteroatoms. The van der Waals surface area contributed by atoms with E-state index in [1.54, 1.807) is 16.7 Å². The number of rotatable bonds is 10. The summed E-state index contributed by atoms with van der Waals surface area (Å²) in [6, 6.07) is 6.68. The Labute approximate surface area is 215 Å². The van der Waals surface area contributed by atoms with Crippen LogP contribution < -0.4 is 10.2 Å². The molecule has 0 aliphatic carbocycles. The number of carbonyl (C=O) groups is 1. The number of amides is 1. The highest BCUT2D eigenvalue weighted by Crippen LogP contribution is 2.34. The van der Waals surface area contributed by atoms with Crippen LogP contribution in [0.25, 0.3) is 10.9 Å². The van der Waals surface area contributed by atoms with Crippen LogP contribution in [0.3, 0.4) is 0 Å². The lowest BCUT2D eigenvalue weighted by Gasteiger charge is -2.32. The molecule has 1 aliphatic rings. The van der Waals surface area contributed by atoms with Gasteiger partial charge in [0.2, 0.25) is 17.1 Å². The molecule has 0 spiro atoms. The van der Waals surface area contributed by atoms with Crippen molar-refractivity contribution in [2.75, 3.05) is 25.6 Å². The van der Waals surface area contributed by atoms with E-state index in [-0.39, 0.29) is 36.3 Å². The van der Waals surface area contributed by atoms with Gasteiger partial charge in [0.25, 0.3) is 0 Å². The van der Waals surface area contributed by atoms with Crippen molar-refractivity contribution >= 4 is 28.6 Å². The smallest absolute Gasteiger partial charge is 0.416 e. The summed E-state index contributed by atoms with van der Waals surface area (Å²) in [7, 11) is 0. The summed E-state index contributed by atoms with van der Waals surface area (Å²) in [5.41, 5.74) is -0.687. The van der Waals surface area contributed by atoms with Gasteiger partial charge in [-0.2, -0.15) is 13.2 Å². The Morgan fingerprint density at radius 2 is 2.00 bits per heavy atom. The van der Waals surface area contributed by atoms with Crippen molar-refractivity contribution in [3.05, 3.63) is 64.3 Å². The molecule has 1 unspecified atom stereocenters. The molecule has 0 N–H and O–H groups in total. The fraction of sp³-hybridized carbons (Fsp3) is 0.423. The van der Waals surface area contributed by atoms with E-state index in [1.807, 2.05) is 13.0 Å². The van der Waals surface area contributed by atoms with E-state index < -0.39 is 11.7 Å². The number of aromatic nitrogens is 1. The van der Waals surface area contributed by atoms with Gasteiger partial charge in [-0.1, -0.05) is 6.07 Å². The maximum absolute atomic E-state index is 12.9. The summed E-state index contributed by atoms with van der Waals surface area (Å²) >= 11 is 1.57. The first-order valence-corrected chi connectivity index (χ1v) is 12.9. The number of thioether (sulfide) groups is 1. The van der Waals surface area contributed by atoms with E-state index >= 15 is 0 Å². The lowest BCUT2D eigenvalue weighted by molar-refractivity contribution is -0.148. The number of carbonyl (C=O) groups excluding carboxylic acids is 1. The Balaban J connectivity index is 1.19. The molecule has 1 amide bonds. The summed E-state index contributed by atoms with van der Waals surface area (Å²) in [6.45, 7) is 2.89. The van der Waals surface area contributed by atoms with Gasteiger partial charge in [0.1, 0.15) is 18.6 Å². The van der Waals surface area contributed by atoms with Gasteiger partial charge >= 0.3 is 6.18 Å². The van der Waals surface area contributed by atoms with Gasteiger partial charge in [0.05, 0.1) is 36.9 Å². The molecule has 0 radical (unpaired) electrons. The van der Waals surface area contributed by atoms with Gasteiger partial charge < -0.3 is 18.8 Å². The lowest BCUT2D eigenvalue weighted by atomic mass is 10.1. The normalized spacial score (nSPS) is 16.4. The number of ether oxygens (including phenoxy) is 2. The molecular formula is C26H27F3N2O5S. The number of unbranched alkanes of at least 4 members (excludes halogenated alkanes) is 2. The van der Waals surface area contributed by atoms with Crippen molar-refractivity contribution in [3.8, 4) is 5.75 Å². The summed E-state index contributed by atoms with van der Waals surface area (Å²) < 4.78 is 55.1. The number of benzene rings is 1. The Hall–Kier alpha value is -3.05. The molecule has 2 aromatic heterocycles. The third kappa shape index (κ3) is 7.04. The fourth-order valence-electron chi connectivity index (χ4n) is 3.94. The van der Waals surface area contributed by atoms with Crippen LogP contribution in [0, 0.1) is 0 Å². The minimum absolute atomic E-state index is 0.0240. The Kier molecular flexibility index (Phi) is 8.75. The van der Waals surface area contributed by atoms with Gasteiger partial charge in [0.15, 0.2) is 0 Å². The zero-order valence-electron chi connectivity index (χ0n) is 20.3. The van der Waals surface area contributed by atoms with E-state index in [0.717, 1.165) is 42.0 Å². The summed E-state index contributed by atoms with van der Waals surface area (Å²) in [6.07, 6.45) is 0.864. The molecule has 1 aliphatic heterocycles. The second-order valence-corrected chi connectivity index (χ2v) is 9.89. The molecule has 0 bridgehead atoms. The van der Waals surface area contributed by atoms with Crippen molar-refractivity contribution in [1.82, 2.24) is 9.88 Å². The number of nitrogens with zero attached hydrogens (tertiary/aromatic N) is 2. The van der Waals surface area contributed by atoms with Crippen molar-refractivity contribution in [2.45, 2.75) is 49.8 Å². The number of morpholine rings is 1. The van der Waals surface area contributed by atoms with Crippen LogP contribution in [0.5, 0.6) is 5.75 Å². The molecule has 1 atom stereocenters. The maximum Gasteiger partial charge on any atom is 0.416 e. The number of hydrogen-bond donors (Lipinski definition) is 0. The van der Waals surface area contributed by atoms with E-state index in [1.165, 1.54) is 24.6 Å². The van der Waals surface area contributed by atoms with E-state index in [9.17, 15) is 22.8 Å². The quantitative estimate of drug-likeness (QED) is 0.257.